The van der Waals surface area contributed by atoms with Gasteiger partial charge in [0.25, 0.3) is 11.5 Å². The molecule has 1 fully saturated rings. The Morgan fingerprint density at radius 1 is 1.24 bits per heavy atom. The zero-order chi connectivity index (χ0) is 24.5. The summed E-state index contributed by atoms with van der Waals surface area (Å²) in [6, 6.07) is 9.96. The van der Waals surface area contributed by atoms with Crippen LogP contribution in [0, 0.1) is 0 Å². The van der Waals surface area contributed by atoms with Gasteiger partial charge in [0, 0.05) is 54.9 Å². The van der Waals surface area contributed by atoms with Gasteiger partial charge in [-0.15, -0.1) is 8.78 Å². The fraction of sp³-hybridized carbons (Fsp3) is 0.261. The van der Waals surface area contributed by atoms with Crippen LogP contribution >= 0.6 is 11.6 Å². The number of hydrogen-bond donors (Lipinski definition) is 1. The summed E-state index contributed by atoms with van der Waals surface area (Å²) >= 11 is 4.75. The van der Waals surface area contributed by atoms with E-state index in [1.54, 1.807) is 30.3 Å². The van der Waals surface area contributed by atoms with Crippen molar-refractivity contribution in [2.24, 2.45) is 7.05 Å². The number of nitrogens with one attached hydrogen (secondary N) is 1. The molecule has 0 spiro atoms. The van der Waals surface area contributed by atoms with Gasteiger partial charge in [0.15, 0.2) is 0 Å². The fourth-order valence-corrected chi connectivity index (χ4v) is 3.70. The van der Waals surface area contributed by atoms with E-state index < -0.39 is 17.6 Å². The SMILES string of the molecule is Cn1ccc(-c2cc(C(=O)Nc3ccc(OC(F)(F)Cl)cc3)cnc2N2CC[C@H](F)C2)cc1=O. The Hall–Kier alpha value is -3.53. The van der Waals surface area contributed by atoms with Crippen molar-refractivity contribution in [1.29, 1.82) is 0 Å². The van der Waals surface area contributed by atoms with Crippen LogP contribution in [0.25, 0.3) is 11.1 Å². The van der Waals surface area contributed by atoms with E-state index in [4.69, 9.17) is 11.6 Å². The van der Waals surface area contributed by atoms with Crippen molar-refractivity contribution in [3.8, 4) is 16.9 Å². The number of pyridine rings is 2. The number of hydrogen-bond acceptors (Lipinski definition) is 5. The van der Waals surface area contributed by atoms with Crippen molar-refractivity contribution >= 4 is 29.0 Å². The normalized spacial score (nSPS) is 15.9. The van der Waals surface area contributed by atoms with Crippen molar-refractivity contribution in [3.05, 3.63) is 70.8 Å². The maximum absolute atomic E-state index is 13.8. The van der Waals surface area contributed by atoms with E-state index in [9.17, 15) is 22.8 Å². The lowest BCUT2D eigenvalue weighted by atomic mass is 10.0. The molecule has 0 aliphatic carbocycles. The van der Waals surface area contributed by atoms with Crippen molar-refractivity contribution in [1.82, 2.24) is 9.55 Å². The molecule has 4 rings (SSSR count). The molecule has 11 heteroatoms. The molecule has 7 nitrogen and oxygen atoms in total. The average Bonchev–Trinajstić information content (AvgIpc) is 3.21. The van der Waals surface area contributed by atoms with Crippen LogP contribution in [0.2, 0.25) is 0 Å². The predicted octanol–water partition coefficient (Wildman–Crippen LogP) is 4.42. The molecule has 1 aliphatic heterocycles. The molecule has 1 N–H and O–H groups in total. The minimum atomic E-state index is -3.84. The van der Waals surface area contributed by atoms with E-state index in [2.05, 4.69) is 15.0 Å². The van der Waals surface area contributed by atoms with E-state index in [0.29, 0.717) is 35.6 Å². The molecule has 1 aliphatic rings. The van der Waals surface area contributed by atoms with Gasteiger partial charge >= 0.3 is 5.57 Å². The predicted molar refractivity (Wildman–Crippen MR) is 122 cm³/mol. The fourth-order valence-electron chi connectivity index (χ4n) is 3.62. The molecule has 0 bridgehead atoms. The first-order valence-electron chi connectivity index (χ1n) is 10.3. The van der Waals surface area contributed by atoms with E-state index in [1.165, 1.54) is 41.1 Å². The van der Waals surface area contributed by atoms with E-state index >= 15 is 0 Å². The van der Waals surface area contributed by atoms with Gasteiger partial charge < -0.3 is 19.5 Å². The number of benzene rings is 1. The van der Waals surface area contributed by atoms with Crippen molar-refractivity contribution in [3.63, 3.8) is 0 Å². The Morgan fingerprint density at radius 3 is 2.59 bits per heavy atom. The summed E-state index contributed by atoms with van der Waals surface area (Å²) in [5.41, 5.74) is -2.49. The first-order chi connectivity index (χ1) is 16.1. The maximum atomic E-state index is 13.8. The molecule has 1 aromatic carbocycles. The number of nitrogens with zero attached hydrogens (tertiary/aromatic N) is 3. The highest BCUT2D eigenvalue weighted by atomic mass is 35.5. The summed E-state index contributed by atoms with van der Waals surface area (Å²) in [5, 5.41) is 2.65. The average molecular weight is 493 g/mol. The quantitative estimate of drug-likeness (QED) is 0.516. The van der Waals surface area contributed by atoms with Gasteiger partial charge in [0.1, 0.15) is 17.7 Å². The van der Waals surface area contributed by atoms with Crippen LogP contribution in [-0.2, 0) is 7.05 Å². The van der Waals surface area contributed by atoms with Gasteiger partial charge in [-0.1, -0.05) is 0 Å². The van der Waals surface area contributed by atoms with Gasteiger partial charge in [0.05, 0.1) is 12.1 Å². The molecule has 0 saturated carbocycles. The zero-order valence-electron chi connectivity index (χ0n) is 18.0. The van der Waals surface area contributed by atoms with Crippen LogP contribution in [-0.4, -0.2) is 40.3 Å². The van der Waals surface area contributed by atoms with Gasteiger partial charge in [-0.2, -0.15) is 0 Å². The minimum absolute atomic E-state index is 0.172. The van der Waals surface area contributed by atoms with Gasteiger partial charge in [-0.25, -0.2) is 9.37 Å². The van der Waals surface area contributed by atoms with Crippen molar-refractivity contribution < 1.29 is 22.7 Å². The highest BCUT2D eigenvalue weighted by Crippen LogP contribution is 2.32. The van der Waals surface area contributed by atoms with E-state index in [-0.39, 0.29) is 23.4 Å². The molecule has 178 valence electrons. The van der Waals surface area contributed by atoms with Crippen molar-refractivity contribution in [2.75, 3.05) is 23.3 Å². The lowest BCUT2D eigenvalue weighted by molar-refractivity contribution is -0.0964. The maximum Gasteiger partial charge on any atom is 0.487 e. The minimum Gasteiger partial charge on any atom is -0.420 e. The summed E-state index contributed by atoms with van der Waals surface area (Å²) in [7, 11) is 1.62. The number of carbonyl (C=O) groups is 1. The lowest BCUT2D eigenvalue weighted by Gasteiger charge is -2.21. The third kappa shape index (κ3) is 5.51. The molecular weight excluding hydrogens is 473 g/mol. The van der Waals surface area contributed by atoms with Crippen LogP contribution in [0.15, 0.2) is 59.7 Å². The van der Waals surface area contributed by atoms with E-state index in [1.807, 2.05) is 0 Å². The number of halogens is 4. The van der Waals surface area contributed by atoms with Crippen LogP contribution < -0.4 is 20.5 Å². The molecule has 34 heavy (non-hydrogen) atoms. The number of carbonyl (C=O) groups excluding carboxylic acids is 1. The Labute approximate surface area is 197 Å². The van der Waals surface area contributed by atoms with Crippen LogP contribution in [0.4, 0.5) is 24.7 Å². The second-order valence-electron chi connectivity index (χ2n) is 7.82. The zero-order valence-corrected chi connectivity index (χ0v) is 18.7. The van der Waals surface area contributed by atoms with Crippen LogP contribution in [0.5, 0.6) is 5.75 Å². The number of amides is 1. The Kier molecular flexibility index (Phi) is 6.52. The summed E-state index contributed by atoms with van der Waals surface area (Å²) in [6.45, 7) is 0.638. The highest BCUT2D eigenvalue weighted by molar-refractivity contribution is 6.20. The second kappa shape index (κ2) is 9.38. The van der Waals surface area contributed by atoms with Crippen LogP contribution in [0.3, 0.4) is 0 Å². The number of anilines is 2. The third-order valence-corrected chi connectivity index (χ3v) is 5.40. The summed E-state index contributed by atoms with van der Waals surface area (Å²) in [4.78, 5) is 31.2. The lowest BCUT2D eigenvalue weighted by Crippen LogP contribution is -2.23. The molecular formula is C23H20ClF3N4O3. The summed E-state index contributed by atoms with van der Waals surface area (Å²) < 4.78 is 45.0. The summed E-state index contributed by atoms with van der Waals surface area (Å²) in [6.07, 6.45) is 2.36. The number of alkyl halides is 4. The second-order valence-corrected chi connectivity index (χ2v) is 8.26. The molecule has 1 amide bonds. The van der Waals surface area contributed by atoms with Gasteiger partial charge in [0.2, 0.25) is 0 Å². The molecule has 1 atom stereocenters. The standard InChI is InChI=1S/C23H20ClF3N4O3/c1-30-8-6-14(11-20(30)32)19-10-15(12-28-21(19)31-9-7-16(25)13-31)22(33)29-17-2-4-18(5-3-17)34-23(24,26)27/h2-6,8,10-12,16H,7,9,13H2,1H3,(H,29,33)/t16-/m0/s1. The Balaban J connectivity index is 1.62. The first kappa shape index (κ1) is 23.6. The number of aryl methyl sites for hydroxylation is 1. The molecule has 0 radical (unpaired) electrons. The van der Waals surface area contributed by atoms with Gasteiger partial charge in [-0.3, -0.25) is 9.59 Å². The van der Waals surface area contributed by atoms with E-state index in [0.717, 1.165) is 0 Å². The first-order valence-corrected chi connectivity index (χ1v) is 10.7. The number of ether oxygens (including phenoxy) is 1. The topological polar surface area (TPSA) is 76.5 Å². The van der Waals surface area contributed by atoms with Crippen molar-refractivity contribution in [2.45, 2.75) is 18.2 Å². The monoisotopic (exact) mass is 492 g/mol. The Bertz CT molecular complexity index is 1260. The van der Waals surface area contributed by atoms with Crippen LogP contribution in [0.1, 0.15) is 16.8 Å². The largest absolute Gasteiger partial charge is 0.487 e. The van der Waals surface area contributed by atoms with Gasteiger partial charge in [-0.05, 0) is 48.4 Å². The summed E-state index contributed by atoms with van der Waals surface area (Å²) in [5.74, 6) is -0.201. The third-order valence-electron chi connectivity index (χ3n) is 5.32. The number of aromatic nitrogens is 2. The molecule has 3 aromatic rings. The molecule has 3 heterocycles. The molecule has 0 unspecified atom stereocenters. The highest BCUT2D eigenvalue weighted by Gasteiger charge is 2.28. The smallest absolute Gasteiger partial charge is 0.420 e. The molecule has 1 saturated heterocycles. The Morgan fingerprint density at radius 2 is 1.97 bits per heavy atom. The molecule has 2 aromatic heterocycles. The number of rotatable bonds is 6.